The van der Waals surface area contributed by atoms with Crippen molar-refractivity contribution in [3.8, 4) is 0 Å². The van der Waals surface area contributed by atoms with Gasteiger partial charge in [0.15, 0.2) is 0 Å². The fourth-order valence-corrected chi connectivity index (χ4v) is 2.37. The van der Waals surface area contributed by atoms with Crippen LogP contribution in [0.1, 0.15) is 13.8 Å². The molecule has 1 unspecified atom stereocenters. The first kappa shape index (κ1) is 19.3. The Morgan fingerprint density at radius 2 is 1.04 bits per heavy atom. The molecule has 0 aliphatic carbocycles. The molecule has 1 saturated heterocycles. The van der Waals surface area contributed by atoms with Crippen LogP contribution in [0.4, 0.5) is 0 Å². The van der Waals surface area contributed by atoms with Crippen molar-refractivity contribution >= 4 is 17.9 Å². The van der Waals surface area contributed by atoms with Gasteiger partial charge in [0.25, 0.3) is 0 Å². The van der Waals surface area contributed by atoms with E-state index in [2.05, 4.69) is 0 Å². The molecule has 10 heteroatoms. The molecule has 0 aromatic rings. The SMILES string of the molecule is C[C@@H]1O[C@H](C)[C@H](OCC(=O)O)C(OCC(=O)O)[C@H]1OCC(=O)O. The van der Waals surface area contributed by atoms with Gasteiger partial charge >= 0.3 is 17.9 Å². The minimum atomic E-state index is -1.23. The van der Waals surface area contributed by atoms with Crippen LogP contribution in [0.5, 0.6) is 0 Å². The normalized spacial score (nSPS) is 30.8. The lowest BCUT2D eigenvalue weighted by atomic mass is 9.95. The van der Waals surface area contributed by atoms with Gasteiger partial charge in [-0.1, -0.05) is 0 Å². The third kappa shape index (κ3) is 6.10. The first-order valence-electron chi connectivity index (χ1n) is 6.88. The molecule has 1 rings (SSSR count). The largest absolute Gasteiger partial charge is 0.480 e. The van der Waals surface area contributed by atoms with Gasteiger partial charge < -0.3 is 34.3 Å². The highest BCUT2D eigenvalue weighted by atomic mass is 16.6. The zero-order valence-electron chi connectivity index (χ0n) is 12.7. The molecule has 1 heterocycles. The number of hydrogen-bond donors (Lipinski definition) is 3. The fraction of sp³-hybridized carbons (Fsp3) is 0.769. The Kier molecular flexibility index (Phi) is 7.36. The second-order valence-electron chi connectivity index (χ2n) is 5.05. The fourth-order valence-electron chi connectivity index (χ4n) is 2.37. The molecule has 1 aliphatic heterocycles. The van der Waals surface area contributed by atoms with Crippen LogP contribution >= 0.6 is 0 Å². The first-order valence-corrected chi connectivity index (χ1v) is 6.88. The van der Waals surface area contributed by atoms with Gasteiger partial charge in [-0.3, -0.25) is 0 Å². The molecule has 1 fully saturated rings. The maximum atomic E-state index is 10.7. The van der Waals surface area contributed by atoms with Crippen molar-refractivity contribution in [2.75, 3.05) is 19.8 Å². The van der Waals surface area contributed by atoms with Crippen molar-refractivity contribution in [2.24, 2.45) is 0 Å². The summed E-state index contributed by atoms with van der Waals surface area (Å²) in [5, 5.41) is 26.2. The lowest BCUT2D eigenvalue weighted by molar-refractivity contribution is -0.250. The molecule has 0 aromatic carbocycles. The Bertz CT molecular complexity index is 406. The minimum absolute atomic E-state index is 0.590. The Hall–Kier alpha value is -1.75. The summed E-state index contributed by atoms with van der Waals surface area (Å²) >= 11 is 0. The molecule has 5 atom stereocenters. The van der Waals surface area contributed by atoms with E-state index in [1.807, 2.05) is 0 Å². The van der Waals surface area contributed by atoms with E-state index in [1.54, 1.807) is 13.8 Å². The number of carboxylic acids is 3. The van der Waals surface area contributed by atoms with Gasteiger partial charge in [-0.25, -0.2) is 14.4 Å². The Morgan fingerprint density at radius 3 is 1.35 bits per heavy atom. The van der Waals surface area contributed by atoms with E-state index in [-0.39, 0.29) is 0 Å². The molecule has 0 amide bonds. The van der Waals surface area contributed by atoms with Crippen LogP contribution in [0.15, 0.2) is 0 Å². The zero-order valence-corrected chi connectivity index (χ0v) is 12.7. The highest BCUT2D eigenvalue weighted by Crippen LogP contribution is 2.27. The van der Waals surface area contributed by atoms with Gasteiger partial charge in [-0.2, -0.15) is 0 Å². The highest BCUT2D eigenvalue weighted by molar-refractivity contribution is 5.68. The van der Waals surface area contributed by atoms with Gasteiger partial charge in [0.05, 0.1) is 12.2 Å². The number of hydrogen-bond acceptors (Lipinski definition) is 7. The molecule has 23 heavy (non-hydrogen) atoms. The summed E-state index contributed by atoms with van der Waals surface area (Å²) in [4.78, 5) is 32.1. The van der Waals surface area contributed by atoms with Crippen LogP contribution < -0.4 is 0 Å². The summed E-state index contributed by atoms with van der Waals surface area (Å²) in [7, 11) is 0. The predicted octanol–water partition coefficient (Wildman–Crippen LogP) is -0.797. The molecule has 0 bridgehead atoms. The standard InChI is InChI=1S/C13H20O10/c1-6-11(20-3-8(14)15)13(22-5-10(18)19)12(7(2)23-6)21-4-9(16)17/h6-7,11-13H,3-5H2,1-2H3,(H,14,15)(H,16,17)(H,18,19)/t6-,7+,11-,12-,13?/m0/s1. The third-order valence-corrected chi connectivity index (χ3v) is 3.20. The lowest BCUT2D eigenvalue weighted by Gasteiger charge is -2.43. The highest BCUT2D eigenvalue weighted by Gasteiger charge is 2.45. The van der Waals surface area contributed by atoms with E-state index in [0.717, 1.165) is 0 Å². The molecule has 3 N–H and O–H groups in total. The van der Waals surface area contributed by atoms with E-state index in [1.165, 1.54) is 0 Å². The average Bonchev–Trinajstić information content (AvgIpc) is 2.42. The molecule has 0 radical (unpaired) electrons. The summed E-state index contributed by atoms with van der Waals surface area (Å²) < 4.78 is 21.2. The van der Waals surface area contributed by atoms with Crippen LogP contribution in [0, 0.1) is 0 Å². The van der Waals surface area contributed by atoms with Gasteiger partial charge in [-0.05, 0) is 13.8 Å². The number of aliphatic carboxylic acids is 3. The van der Waals surface area contributed by atoms with Crippen LogP contribution in [0.2, 0.25) is 0 Å². The molecule has 0 spiro atoms. The summed E-state index contributed by atoms with van der Waals surface area (Å²) in [6.07, 6.45) is -4.00. The van der Waals surface area contributed by atoms with Crippen LogP contribution in [0.25, 0.3) is 0 Å². The van der Waals surface area contributed by atoms with Crippen molar-refractivity contribution in [2.45, 2.75) is 44.4 Å². The van der Waals surface area contributed by atoms with E-state index >= 15 is 0 Å². The molecule has 10 nitrogen and oxygen atoms in total. The van der Waals surface area contributed by atoms with Gasteiger partial charge in [0, 0.05) is 0 Å². The predicted molar refractivity (Wildman–Crippen MR) is 72.1 cm³/mol. The summed E-state index contributed by atoms with van der Waals surface area (Å²) in [6, 6.07) is 0. The van der Waals surface area contributed by atoms with Gasteiger partial charge in [0.1, 0.15) is 38.1 Å². The van der Waals surface area contributed by atoms with Gasteiger partial charge in [-0.15, -0.1) is 0 Å². The zero-order chi connectivity index (χ0) is 17.6. The monoisotopic (exact) mass is 336 g/mol. The molecule has 1 aliphatic rings. The van der Waals surface area contributed by atoms with Crippen molar-refractivity contribution < 1.29 is 48.7 Å². The summed E-state index contributed by atoms with van der Waals surface area (Å²) in [5.41, 5.74) is 0. The van der Waals surface area contributed by atoms with Crippen molar-refractivity contribution in [3.63, 3.8) is 0 Å². The second-order valence-corrected chi connectivity index (χ2v) is 5.05. The van der Waals surface area contributed by atoms with Crippen LogP contribution in [-0.4, -0.2) is 83.6 Å². The molecular formula is C13H20O10. The van der Waals surface area contributed by atoms with E-state index in [0.29, 0.717) is 0 Å². The number of carbonyl (C=O) groups is 3. The average molecular weight is 336 g/mol. The Balaban J connectivity index is 2.90. The first-order chi connectivity index (χ1) is 10.7. The van der Waals surface area contributed by atoms with E-state index in [4.69, 9.17) is 34.3 Å². The third-order valence-electron chi connectivity index (χ3n) is 3.20. The molecule has 0 aromatic heterocycles. The van der Waals surface area contributed by atoms with Gasteiger partial charge in [0.2, 0.25) is 0 Å². The lowest BCUT2D eigenvalue weighted by Crippen LogP contribution is -2.59. The van der Waals surface area contributed by atoms with Crippen molar-refractivity contribution in [3.05, 3.63) is 0 Å². The second kappa shape index (κ2) is 8.77. The summed E-state index contributed by atoms with van der Waals surface area (Å²) in [6.45, 7) is 1.31. The Morgan fingerprint density at radius 1 is 0.739 bits per heavy atom. The molecule has 132 valence electrons. The van der Waals surface area contributed by atoms with Crippen molar-refractivity contribution in [1.29, 1.82) is 0 Å². The molecule has 0 saturated carbocycles. The smallest absolute Gasteiger partial charge is 0.329 e. The summed E-state index contributed by atoms with van der Waals surface area (Å²) in [5.74, 6) is -3.66. The molecular weight excluding hydrogens is 316 g/mol. The van der Waals surface area contributed by atoms with E-state index in [9.17, 15) is 14.4 Å². The maximum absolute atomic E-state index is 10.7. The number of rotatable bonds is 9. The Labute approximate surface area is 131 Å². The minimum Gasteiger partial charge on any atom is -0.480 e. The number of ether oxygens (including phenoxy) is 4. The van der Waals surface area contributed by atoms with E-state index < -0.39 is 68.2 Å². The van der Waals surface area contributed by atoms with Crippen molar-refractivity contribution in [1.82, 2.24) is 0 Å². The quantitative estimate of drug-likeness (QED) is 0.488. The topological polar surface area (TPSA) is 149 Å². The maximum Gasteiger partial charge on any atom is 0.329 e. The number of carboxylic acid groups (broad SMARTS) is 3. The van der Waals surface area contributed by atoms with Crippen LogP contribution in [-0.2, 0) is 33.3 Å². The van der Waals surface area contributed by atoms with Crippen LogP contribution in [0.3, 0.4) is 0 Å².